The molecule has 0 unspecified atom stereocenters. The number of halogens is 1. The zero-order chi connectivity index (χ0) is 19.4. The van der Waals surface area contributed by atoms with Gasteiger partial charge < -0.3 is 11.1 Å². The van der Waals surface area contributed by atoms with E-state index in [0.29, 0.717) is 10.7 Å². The maximum atomic E-state index is 12.7. The first-order valence-electron chi connectivity index (χ1n) is 8.04. The van der Waals surface area contributed by atoms with E-state index in [0.717, 1.165) is 5.56 Å². The Kier molecular flexibility index (Phi) is 6.41. The summed E-state index contributed by atoms with van der Waals surface area (Å²) in [6.07, 6.45) is 0. The first-order chi connectivity index (χ1) is 12.2. The molecule has 2 aromatic carbocycles. The Morgan fingerprint density at radius 1 is 1.15 bits per heavy atom. The van der Waals surface area contributed by atoms with E-state index >= 15 is 0 Å². The monoisotopic (exact) mass is 395 g/mol. The highest BCUT2D eigenvalue weighted by Gasteiger charge is 2.30. The summed E-state index contributed by atoms with van der Waals surface area (Å²) in [6, 6.07) is 13.1. The summed E-state index contributed by atoms with van der Waals surface area (Å²) >= 11 is 6.01. The van der Waals surface area contributed by atoms with Gasteiger partial charge in [0, 0.05) is 23.8 Å². The molecule has 0 atom stereocenters. The Labute approximate surface area is 158 Å². The molecule has 6 nitrogen and oxygen atoms in total. The standard InChI is InChI=1S/C18H22ClN3O3S/c1-18(2,13-5-3-6-14(19)11-13)17(23)22-15-7-4-8-16(12-15)26(24,25)21-10-9-20/h3-8,11-12,21H,9-10,20H2,1-2H3,(H,22,23). The summed E-state index contributed by atoms with van der Waals surface area (Å²) in [5, 5.41) is 3.31. The maximum absolute atomic E-state index is 12.7. The third-order valence-corrected chi connectivity index (χ3v) is 5.65. The summed E-state index contributed by atoms with van der Waals surface area (Å²) in [7, 11) is -3.67. The summed E-state index contributed by atoms with van der Waals surface area (Å²) in [4.78, 5) is 12.8. The van der Waals surface area contributed by atoms with Crippen molar-refractivity contribution < 1.29 is 13.2 Å². The lowest BCUT2D eigenvalue weighted by molar-refractivity contribution is -0.120. The Bertz CT molecular complexity index is 898. The van der Waals surface area contributed by atoms with Crippen molar-refractivity contribution in [1.82, 2.24) is 4.72 Å². The number of hydrogen-bond acceptors (Lipinski definition) is 4. The fraction of sp³-hybridized carbons (Fsp3) is 0.278. The first-order valence-corrected chi connectivity index (χ1v) is 9.90. The molecule has 0 bridgehead atoms. The second-order valence-corrected chi connectivity index (χ2v) is 8.51. The minimum Gasteiger partial charge on any atom is -0.329 e. The normalized spacial score (nSPS) is 12.0. The molecule has 2 rings (SSSR count). The second-order valence-electron chi connectivity index (χ2n) is 6.30. The highest BCUT2D eigenvalue weighted by molar-refractivity contribution is 7.89. The topological polar surface area (TPSA) is 101 Å². The number of amides is 1. The van der Waals surface area contributed by atoms with Crippen LogP contribution in [0.5, 0.6) is 0 Å². The minimum atomic E-state index is -3.67. The molecule has 2 aromatic rings. The third-order valence-electron chi connectivity index (χ3n) is 3.95. The van der Waals surface area contributed by atoms with Crippen LogP contribution in [0.1, 0.15) is 19.4 Å². The molecule has 0 heterocycles. The van der Waals surface area contributed by atoms with E-state index in [-0.39, 0.29) is 23.9 Å². The van der Waals surface area contributed by atoms with Crippen molar-refractivity contribution >= 4 is 33.2 Å². The molecule has 0 aliphatic carbocycles. The van der Waals surface area contributed by atoms with Gasteiger partial charge in [-0.05, 0) is 49.7 Å². The number of benzene rings is 2. The molecular formula is C18H22ClN3O3S. The highest BCUT2D eigenvalue weighted by atomic mass is 35.5. The molecule has 26 heavy (non-hydrogen) atoms. The smallest absolute Gasteiger partial charge is 0.240 e. The molecule has 0 aromatic heterocycles. The van der Waals surface area contributed by atoms with Crippen LogP contribution in [0.4, 0.5) is 5.69 Å². The zero-order valence-electron chi connectivity index (χ0n) is 14.6. The molecule has 0 spiro atoms. The van der Waals surface area contributed by atoms with Gasteiger partial charge in [0.15, 0.2) is 0 Å². The Morgan fingerprint density at radius 3 is 2.50 bits per heavy atom. The van der Waals surface area contributed by atoms with Crippen LogP contribution < -0.4 is 15.8 Å². The summed E-state index contributed by atoms with van der Waals surface area (Å²) in [5.41, 5.74) is 5.63. The average molecular weight is 396 g/mol. The van der Waals surface area contributed by atoms with Crippen LogP contribution in [0.2, 0.25) is 5.02 Å². The van der Waals surface area contributed by atoms with Gasteiger partial charge in [-0.15, -0.1) is 0 Å². The predicted molar refractivity (Wildman–Crippen MR) is 104 cm³/mol. The number of nitrogens with two attached hydrogens (primary N) is 1. The van der Waals surface area contributed by atoms with Gasteiger partial charge in [-0.2, -0.15) is 0 Å². The number of carbonyl (C=O) groups excluding carboxylic acids is 1. The maximum Gasteiger partial charge on any atom is 0.240 e. The molecule has 8 heteroatoms. The van der Waals surface area contributed by atoms with Crippen LogP contribution in [0, 0.1) is 0 Å². The van der Waals surface area contributed by atoms with Crippen molar-refractivity contribution in [3.8, 4) is 0 Å². The fourth-order valence-electron chi connectivity index (χ4n) is 2.31. The lowest BCUT2D eigenvalue weighted by atomic mass is 9.83. The van der Waals surface area contributed by atoms with Crippen molar-refractivity contribution in [3.05, 3.63) is 59.1 Å². The molecule has 0 aliphatic heterocycles. The molecule has 140 valence electrons. The van der Waals surface area contributed by atoms with Crippen molar-refractivity contribution in [2.45, 2.75) is 24.2 Å². The molecular weight excluding hydrogens is 374 g/mol. The van der Waals surface area contributed by atoms with Gasteiger partial charge in [-0.25, -0.2) is 13.1 Å². The Hall–Kier alpha value is -1.93. The largest absolute Gasteiger partial charge is 0.329 e. The van der Waals surface area contributed by atoms with E-state index < -0.39 is 15.4 Å². The number of rotatable bonds is 7. The van der Waals surface area contributed by atoms with Gasteiger partial charge in [-0.3, -0.25) is 4.79 Å². The predicted octanol–water partition coefficient (Wildman–Crippen LogP) is 2.49. The molecule has 1 amide bonds. The van der Waals surface area contributed by atoms with Crippen LogP contribution in [-0.4, -0.2) is 27.4 Å². The average Bonchev–Trinajstić information content (AvgIpc) is 2.60. The van der Waals surface area contributed by atoms with E-state index in [4.69, 9.17) is 17.3 Å². The van der Waals surface area contributed by atoms with Crippen LogP contribution >= 0.6 is 11.6 Å². The highest BCUT2D eigenvalue weighted by Crippen LogP contribution is 2.27. The van der Waals surface area contributed by atoms with E-state index in [1.165, 1.54) is 12.1 Å². The quantitative estimate of drug-likeness (QED) is 0.670. The summed E-state index contributed by atoms with van der Waals surface area (Å²) in [6.45, 7) is 3.89. The van der Waals surface area contributed by atoms with Crippen molar-refractivity contribution in [2.75, 3.05) is 18.4 Å². The van der Waals surface area contributed by atoms with Gasteiger partial charge in [0.25, 0.3) is 0 Å². The molecule has 0 aliphatic rings. The van der Waals surface area contributed by atoms with Crippen molar-refractivity contribution in [3.63, 3.8) is 0 Å². The number of anilines is 1. The molecule has 0 saturated heterocycles. The van der Waals surface area contributed by atoms with E-state index in [1.807, 2.05) is 6.07 Å². The minimum absolute atomic E-state index is 0.0595. The Morgan fingerprint density at radius 2 is 1.85 bits per heavy atom. The zero-order valence-corrected chi connectivity index (χ0v) is 16.2. The van der Waals surface area contributed by atoms with Crippen LogP contribution in [0.3, 0.4) is 0 Å². The van der Waals surface area contributed by atoms with Gasteiger partial charge in [0.1, 0.15) is 0 Å². The molecule has 4 N–H and O–H groups in total. The van der Waals surface area contributed by atoms with Crippen LogP contribution in [0.25, 0.3) is 0 Å². The summed E-state index contributed by atoms with van der Waals surface area (Å²) in [5.74, 6) is -0.274. The van der Waals surface area contributed by atoms with E-state index in [2.05, 4.69) is 10.0 Å². The Balaban J connectivity index is 2.23. The van der Waals surface area contributed by atoms with Gasteiger partial charge in [0.2, 0.25) is 15.9 Å². The number of nitrogens with one attached hydrogen (secondary N) is 2. The third kappa shape index (κ3) is 4.82. The van der Waals surface area contributed by atoms with Crippen molar-refractivity contribution in [2.24, 2.45) is 5.73 Å². The lowest BCUT2D eigenvalue weighted by Crippen LogP contribution is -2.34. The van der Waals surface area contributed by atoms with Gasteiger partial charge >= 0.3 is 0 Å². The number of carbonyl (C=O) groups is 1. The fourth-order valence-corrected chi connectivity index (χ4v) is 3.60. The number of sulfonamides is 1. The molecule has 0 fully saturated rings. The lowest BCUT2D eigenvalue weighted by Gasteiger charge is -2.24. The first kappa shape index (κ1) is 20.4. The molecule has 0 radical (unpaired) electrons. The number of hydrogen-bond donors (Lipinski definition) is 3. The van der Waals surface area contributed by atoms with Crippen LogP contribution in [-0.2, 0) is 20.2 Å². The van der Waals surface area contributed by atoms with Gasteiger partial charge in [-0.1, -0.05) is 29.8 Å². The van der Waals surface area contributed by atoms with Gasteiger partial charge in [0.05, 0.1) is 10.3 Å². The van der Waals surface area contributed by atoms with E-state index in [1.54, 1.807) is 44.2 Å². The summed E-state index contributed by atoms with van der Waals surface area (Å²) < 4.78 is 26.8. The van der Waals surface area contributed by atoms with Crippen molar-refractivity contribution in [1.29, 1.82) is 0 Å². The van der Waals surface area contributed by atoms with Crippen LogP contribution in [0.15, 0.2) is 53.4 Å². The SMILES string of the molecule is CC(C)(C(=O)Nc1cccc(S(=O)(=O)NCCN)c1)c1cccc(Cl)c1. The van der Waals surface area contributed by atoms with E-state index in [9.17, 15) is 13.2 Å². The second kappa shape index (κ2) is 8.18. The molecule has 0 saturated carbocycles.